The predicted molar refractivity (Wildman–Crippen MR) is 27.3 cm³/mol. The van der Waals surface area contributed by atoms with Gasteiger partial charge in [0.2, 0.25) is 0 Å². The molecule has 15 heavy (non-hydrogen) atoms. The lowest BCUT2D eigenvalue weighted by Crippen LogP contribution is -2.30. The van der Waals surface area contributed by atoms with Gasteiger partial charge in [0.25, 0.3) is 0 Å². The van der Waals surface area contributed by atoms with E-state index in [1.54, 1.807) is 0 Å². The second-order valence-corrected chi connectivity index (χ2v) is 2.22. The molecule has 3 nitrogen and oxygen atoms in total. The molecule has 1 aliphatic heterocycles. The van der Waals surface area contributed by atoms with Crippen molar-refractivity contribution < 1.29 is 44.9 Å². The lowest BCUT2D eigenvalue weighted by Gasteiger charge is -2.14. The molecule has 0 bridgehead atoms. The molecule has 88 valence electrons. The molecule has 0 amide bonds. The topological polar surface area (TPSA) is 27.7 Å². The Balaban J connectivity index is 2.66. The maximum Gasteiger partial charge on any atom is 0.575 e. The fraction of sp³-hybridized carbons (Fsp3) is 0.600. The molecule has 1 rings (SSSR count). The molecule has 0 N–H and O–H groups in total. The molecule has 0 saturated carbocycles. The zero-order chi connectivity index (χ0) is 11.9. The summed E-state index contributed by atoms with van der Waals surface area (Å²) in [4.78, 5) is 0. The summed E-state index contributed by atoms with van der Waals surface area (Å²) >= 11 is 0. The van der Waals surface area contributed by atoms with Crippen molar-refractivity contribution >= 4 is 0 Å². The SMILES string of the molecule is FC1=C(OC(F)(F)F)OC(C(F)(F)F)O1. The van der Waals surface area contributed by atoms with Gasteiger partial charge in [0.05, 0.1) is 0 Å². The maximum atomic E-state index is 12.3. The van der Waals surface area contributed by atoms with Crippen LogP contribution in [0.1, 0.15) is 0 Å². The van der Waals surface area contributed by atoms with E-state index in [4.69, 9.17) is 0 Å². The Morgan fingerprint density at radius 3 is 1.87 bits per heavy atom. The van der Waals surface area contributed by atoms with E-state index >= 15 is 0 Å². The Morgan fingerprint density at radius 1 is 1.00 bits per heavy atom. The number of halogens is 7. The molecule has 1 unspecified atom stereocenters. The van der Waals surface area contributed by atoms with Crippen molar-refractivity contribution in [2.75, 3.05) is 0 Å². The van der Waals surface area contributed by atoms with Gasteiger partial charge in [-0.05, 0) is 0 Å². The van der Waals surface area contributed by atoms with Gasteiger partial charge < -0.3 is 14.2 Å². The Morgan fingerprint density at radius 2 is 1.53 bits per heavy atom. The van der Waals surface area contributed by atoms with Crippen LogP contribution in [-0.2, 0) is 14.2 Å². The summed E-state index contributed by atoms with van der Waals surface area (Å²) in [7, 11) is 0. The van der Waals surface area contributed by atoms with Crippen LogP contribution in [0.25, 0.3) is 0 Å². The van der Waals surface area contributed by atoms with Crippen LogP contribution < -0.4 is 0 Å². The average Bonchev–Trinajstić information content (AvgIpc) is 2.27. The van der Waals surface area contributed by atoms with Gasteiger partial charge in [-0.15, -0.1) is 13.2 Å². The summed E-state index contributed by atoms with van der Waals surface area (Å²) in [5, 5.41) is 0. The van der Waals surface area contributed by atoms with Crippen molar-refractivity contribution in [3.63, 3.8) is 0 Å². The van der Waals surface area contributed by atoms with Gasteiger partial charge in [-0.3, -0.25) is 0 Å². The van der Waals surface area contributed by atoms with Crippen molar-refractivity contribution in [2.45, 2.75) is 18.8 Å². The van der Waals surface area contributed by atoms with Gasteiger partial charge in [0, 0.05) is 0 Å². The van der Waals surface area contributed by atoms with E-state index in [2.05, 4.69) is 14.2 Å². The minimum atomic E-state index is -5.36. The second-order valence-electron chi connectivity index (χ2n) is 2.22. The van der Waals surface area contributed by atoms with Crippen molar-refractivity contribution in [1.82, 2.24) is 0 Å². The van der Waals surface area contributed by atoms with E-state index in [1.165, 1.54) is 0 Å². The number of rotatable bonds is 1. The minimum absolute atomic E-state index is 2.00. The van der Waals surface area contributed by atoms with Crippen LogP contribution >= 0.6 is 0 Å². The summed E-state index contributed by atoms with van der Waals surface area (Å²) < 4.78 is 91.5. The van der Waals surface area contributed by atoms with Crippen LogP contribution in [0.5, 0.6) is 0 Å². The van der Waals surface area contributed by atoms with Gasteiger partial charge in [-0.2, -0.15) is 17.6 Å². The van der Waals surface area contributed by atoms with Gasteiger partial charge in [0.1, 0.15) is 0 Å². The fourth-order valence-electron chi connectivity index (χ4n) is 0.613. The third kappa shape index (κ3) is 3.06. The van der Waals surface area contributed by atoms with E-state index in [9.17, 15) is 30.7 Å². The van der Waals surface area contributed by atoms with E-state index < -0.39 is 30.8 Å². The minimum Gasteiger partial charge on any atom is -0.416 e. The van der Waals surface area contributed by atoms with E-state index in [0.29, 0.717) is 0 Å². The van der Waals surface area contributed by atoms with E-state index in [-0.39, 0.29) is 0 Å². The number of hydrogen-bond donors (Lipinski definition) is 0. The summed E-state index contributed by atoms with van der Waals surface area (Å²) in [6, 6.07) is -2.21. The van der Waals surface area contributed by atoms with Crippen LogP contribution in [0.4, 0.5) is 30.7 Å². The molecule has 0 spiro atoms. The summed E-state index contributed by atoms with van der Waals surface area (Å²) in [5.74, 6) is -2.00. The molecule has 0 radical (unpaired) electrons. The van der Waals surface area contributed by atoms with Gasteiger partial charge in [-0.1, -0.05) is 0 Å². The molecule has 0 aromatic heterocycles. The maximum absolute atomic E-state index is 12.3. The standard InChI is InChI=1S/C5HF7O3/c6-1-2(15-5(10,11)12)14-3(13-1)4(7,8)9/h3H. The molecule has 0 aliphatic carbocycles. The normalized spacial score (nSPS) is 22.5. The Bertz CT molecular complexity index is 277. The molecular weight excluding hydrogens is 241 g/mol. The molecule has 0 fully saturated rings. The molecule has 0 saturated heterocycles. The van der Waals surface area contributed by atoms with Crippen molar-refractivity contribution in [1.29, 1.82) is 0 Å². The highest BCUT2D eigenvalue weighted by Crippen LogP contribution is 2.36. The third-order valence-corrected chi connectivity index (χ3v) is 1.06. The van der Waals surface area contributed by atoms with Crippen LogP contribution in [0, 0.1) is 0 Å². The highest BCUT2D eigenvalue weighted by Gasteiger charge is 2.52. The summed E-state index contributed by atoms with van der Waals surface area (Å²) in [5.41, 5.74) is 0. The molecule has 0 aromatic carbocycles. The largest absolute Gasteiger partial charge is 0.575 e. The molecule has 1 heterocycles. The highest BCUT2D eigenvalue weighted by molar-refractivity contribution is 4.92. The summed E-state index contributed by atoms with van der Waals surface area (Å²) in [6.45, 7) is 0. The first-order chi connectivity index (χ1) is 6.59. The van der Waals surface area contributed by atoms with E-state index in [1.807, 2.05) is 0 Å². The zero-order valence-electron chi connectivity index (χ0n) is 6.45. The molecule has 1 atom stereocenters. The Kier molecular flexibility index (Phi) is 2.62. The number of alkyl halides is 6. The molecular formula is C5HF7O3. The monoisotopic (exact) mass is 242 g/mol. The lowest BCUT2D eigenvalue weighted by molar-refractivity contribution is -0.336. The Labute approximate surface area is 77.0 Å². The average molecular weight is 242 g/mol. The molecule has 0 aromatic rings. The van der Waals surface area contributed by atoms with Crippen molar-refractivity contribution in [2.24, 2.45) is 0 Å². The Hall–Kier alpha value is -1.35. The highest BCUT2D eigenvalue weighted by atomic mass is 19.4. The third-order valence-electron chi connectivity index (χ3n) is 1.06. The van der Waals surface area contributed by atoms with Crippen LogP contribution in [0.3, 0.4) is 0 Å². The predicted octanol–water partition coefficient (Wildman–Crippen LogP) is 2.55. The summed E-state index contributed by atoms with van der Waals surface area (Å²) in [6.07, 6.45) is -13.7. The lowest BCUT2D eigenvalue weighted by atomic mass is 10.6. The van der Waals surface area contributed by atoms with Crippen LogP contribution in [0.15, 0.2) is 12.0 Å². The first kappa shape index (κ1) is 11.7. The van der Waals surface area contributed by atoms with E-state index in [0.717, 1.165) is 0 Å². The number of ether oxygens (including phenoxy) is 3. The first-order valence-corrected chi connectivity index (χ1v) is 3.15. The molecule has 10 heteroatoms. The number of hydrogen-bond acceptors (Lipinski definition) is 3. The smallest absolute Gasteiger partial charge is 0.416 e. The fourth-order valence-corrected chi connectivity index (χ4v) is 0.613. The van der Waals surface area contributed by atoms with Gasteiger partial charge in [0.15, 0.2) is 0 Å². The first-order valence-electron chi connectivity index (χ1n) is 3.15. The van der Waals surface area contributed by atoms with Gasteiger partial charge in [-0.25, -0.2) is 0 Å². The van der Waals surface area contributed by atoms with Gasteiger partial charge >= 0.3 is 30.8 Å². The molecule has 1 aliphatic rings. The van der Waals surface area contributed by atoms with Crippen LogP contribution in [-0.4, -0.2) is 18.8 Å². The zero-order valence-corrected chi connectivity index (χ0v) is 6.45. The van der Waals surface area contributed by atoms with Crippen molar-refractivity contribution in [3.8, 4) is 0 Å². The second kappa shape index (κ2) is 3.35. The van der Waals surface area contributed by atoms with Crippen molar-refractivity contribution in [3.05, 3.63) is 12.0 Å². The van der Waals surface area contributed by atoms with Crippen LogP contribution in [0.2, 0.25) is 0 Å². The quantitative estimate of drug-likeness (QED) is 0.661.